The molecule has 22 heavy (non-hydrogen) atoms. The van der Waals surface area contributed by atoms with Gasteiger partial charge in [-0.3, -0.25) is 4.79 Å². The summed E-state index contributed by atoms with van der Waals surface area (Å²) in [7, 11) is -3.13. The van der Waals surface area contributed by atoms with Crippen molar-refractivity contribution in [3.63, 3.8) is 0 Å². The Morgan fingerprint density at radius 3 is 2.64 bits per heavy atom. The molecule has 0 aromatic heterocycles. The fourth-order valence-corrected chi connectivity index (χ4v) is 2.32. The number of anilines is 1. The summed E-state index contributed by atoms with van der Waals surface area (Å²) in [6.45, 7) is 4.68. The number of nitrogens with two attached hydrogens (primary N) is 1. The molecule has 1 unspecified atom stereocenters. The largest absolute Gasteiger partial charge is 0.493 e. The summed E-state index contributed by atoms with van der Waals surface area (Å²) >= 11 is 0. The Hall–Kier alpha value is -1.60. The van der Waals surface area contributed by atoms with E-state index in [4.69, 9.17) is 10.5 Å². The zero-order valence-corrected chi connectivity index (χ0v) is 14.0. The molecule has 0 bridgehead atoms. The second kappa shape index (κ2) is 8.14. The lowest BCUT2D eigenvalue weighted by Gasteiger charge is -2.13. The van der Waals surface area contributed by atoms with Crippen molar-refractivity contribution in [1.82, 2.24) is 0 Å². The molecule has 0 saturated heterocycles. The molecule has 6 nitrogen and oxygen atoms in total. The van der Waals surface area contributed by atoms with Crippen LogP contribution in [0.4, 0.5) is 5.69 Å². The topological polar surface area (TPSA) is 98.5 Å². The quantitative estimate of drug-likeness (QED) is 0.752. The average Bonchev–Trinajstić information content (AvgIpc) is 2.42. The minimum absolute atomic E-state index is 0.0915. The molecule has 124 valence electrons. The highest BCUT2D eigenvalue weighted by Crippen LogP contribution is 2.18. The molecule has 0 aliphatic carbocycles. The van der Waals surface area contributed by atoms with E-state index in [-0.39, 0.29) is 12.2 Å². The van der Waals surface area contributed by atoms with E-state index < -0.39 is 21.8 Å². The third-order valence-electron chi connectivity index (χ3n) is 2.82. The highest BCUT2D eigenvalue weighted by atomic mass is 32.2. The number of carbonyl (C=O) groups excluding carboxylic acids is 1. The van der Waals surface area contributed by atoms with Gasteiger partial charge in [0.1, 0.15) is 15.6 Å². The van der Waals surface area contributed by atoms with Crippen LogP contribution in [0.15, 0.2) is 24.3 Å². The summed E-state index contributed by atoms with van der Waals surface area (Å²) in [5, 5.41) is 2.67. The number of carbonyl (C=O) groups is 1. The first-order valence-corrected chi connectivity index (χ1v) is 9.20. The van der Waals surface area contributed by atoms with Gasteiger partial charge in [0.2, 0.25) is 5.91 Å². The molecular formula is C15H24N2O4S. The Morgan fingerprint density at radius 2 is 2.05 bits per heavy atom. The Kier molecular flexibility index (Phi) is 6.83. The van der Waals surface area contributed by atoms with Crippen LogP contribution in [-0.2, 0) is 14.6 Å². The minimum atomic E-state index is -3.13. The highest BCUT2D eigenvalue weighted by molar-refractivity contribution is 7.90. The smallest absolute Gasteiger partial charge is 0.241 e. The maximum absolute atomic E-state index is 11.9. The fraction of sp³-hybridized carbons (Fsp3) is 0.533. The van der Waals surface area contributed by atoms with Crippen LogP contribution in [-0.4, -0.2) is 39.0 Å². The van der Waals surface area contributed by atoms with Crippen LogP contribution in [0.2, 0.25) is 0 Å². The van der Waals surface area contributed by atoms with Crippen LogP contribution in [0.1, 0.15) is 20.3 Å². The van der Waals surface area contributed by atoms with Crippen molar-refractivity contribution in [3.8, 4) is 5.75 Å². The number of rotatable bonds is 8. The Morgan fingerprint density at radius 1 is 1.36 bits per heavy atom. The molecule has 1 aromatic carbocycles. The predicted octanol–water partition coefficient (Wildman–Crippen LogP) is 1.42. The zero-order chi connectivity index (χ0) is 16.8. The van der Waals surface area contributed by atoms with Crippen LogP contribution < -0.4 is 15.8 Å². The first-order chi connectivity index (χ1) is 10.2. The summed E-state index contributed by atoms with van der Waals surface area (Å²) in [5.41, 5.74) is 6.27. The SMILES string of the molecule is CC(C)COc1cccc(NC(=O)C(N)CCS(C)(=O)=O)c1. The van der Waals surface area contributed by atoms with Gasteiger partial charge in [-0.2, -0.15) is 0 Å². The average molecular weight is 328 g/mol. The second-order valence-corrected chi connectivity index (χ2v) is 8.01. The molecule has 7 heteroatoms. The molecule has 3 N–H and O–H groups in total. The zero-order valence-electron chi connectivity index (χ0n) is 13.2. The van der Waals surface area contributed by atoms with Gasteiger partial charge in [-0.1, -0.05) is 19.9 Å². The molecule has 0 saturated carbocycles. The lowest BCUT2D eigenvalue weighted by molar-refractivity contribution is -0.117. The van der Waals surface area contributed by atoms with Crippen molar-refractivity contribution in [3.05, 3.63) is 24.3 Å². The molecule has 0 aliphatic heterocycles. The Balaban J connectivity index is 2.58. The van der Waals surface area contributed by atoms with Crippen molar-refractivity contribution >= 4 is 21.4 Å². The van der Waals surface area contributed by atoms with Crippen molar-refractivity contribution in [1.29, 1.82) is 0 Å². The van der Waals surface area contributed by atoms with E-state index in [1.165, 1.54) is 0 Å². The van der Waals surface area contributed by atoms with Gasteiger partial charge in [-0.15, -0.1) is 0 Å². The number of hydrogen-bond donors (Lipinski definition) is 2. The van der Waals surface area contributed by atoms with Crippen molar-refractivity contribution in [2.75, 3.05) is 23.9 Å². The Bertz CT molecular complexity index is 599. The van der Waals surface area contributed by atoms with E-state index in [0.717, 1.165) is 6.26 Å². The predicted molar refractivity (Wildman–Crippen MR) is 87.7 cm³/mol. The van der Waals surface area contributed by atoms with E-state index in [2.05, 4.69) is 5.32 Å². The Labute approximate surface area is 132 Å². The molecule has 1 rings (SSSR count). The standard InChI is InChI=1S/C15H24N2O4S/c1-11(2)10-21-13-6-4-5-12(9-13)17-15(18)14(16)7-8-22(3,19)20/h4-6,9,11,14H,7-8,10,16H2,1-3H3,(H,17,18). The van der Waals surface area contributed by atoms with Crippen molar-refractivity contribution in [2.24, 2.45) is 11.7 Å². The molecule has 1 atom stereocenters. The summed E-state index contributed by atoms with van der Waals surface area (Å²) < 4.78 is 27.7. The number of nitrogens with one attached hydrogen (secondary N) is 1. The molecule has 1 amide bonds. The number of amides is 1. The maximum atomic E-state index is 11.9. The van der Waals surface area contributed by atoms with Gasteiger partial charge in [-0.05, 0) is 24.5 Å². The lowest BCUT2D eigenvalue weighted by atomic mass is 10.2. The van der Waals surface area contributed by atoms with Gasteiger partial charge in [0.05, 0.1) is 18.4 Å². The van der Waals surface area contributed by atoms with Crippen LogP contribution in [0.25, 0.3) is 0 Å². The third-order valence-corrected chi connectivity index (χ3v) is 3.80. The van der Waals surface area contributed by atoms with Gasteiger partial charge in [0.15, 0.2) is 0 Å². The molecule has 0 spiro atoms. The fourth-order valence-electron chi connectivity index (χ4n) is 1.63. The van der Waals surface area contributed by atoms with E-state index in [0.29, 0.717) is 24.0 Å². The lowest BCUT2D eigenvalue weighted by Crippen LogP contribution is -2.37. The van der Waals surface area contributed by atoms with E-state index in [9.17, 15) is 13.2 Å². The van der Waals surface area contributed by atoms with Crippen molar-refractivity contribution < 1.29 is 17.9 Å². The number of hydrogen-bond acceptors (Lipinski definition) is 5. The van der Waals surface area contributed by atoms with E-state index in [1.54, 1.807) is 18.2 Å². The third kappa shape index (κ3) is 7.42. The molecule has 0 fully saturated rings. The molecule has 0 aliphatic rings. The molecule has 0 heterocycles. The molecular weight excluding hydrogens is 304 g/mol. The van der Waals surface area contributed by atoms with Gasteiger partial charge in [-0.25, -0.2) is 8.42 Å². The van der Waals surface area contributed by atoms with E-state index in [1.807, 2.05) is 19.9 Å². The van der Waals surface area contributed by atoms with Crippen LogP contribution in [0.3, 0.4) is 0 Å². The number of benzene rings is 1. The second-order valence-electron chi connectivity index (χ2n) is 5.75. The normalized spacial score (nSPS) is 13.0. The van der Waals surface area contributed by atoms with Crippen LogP contribution in [0, 0.1) is 5.92 Å². The monoisotopic (exact) mass is 328 g/mol. The first kappa shape index (κ1) is 18.4. The molecule has 0 radical (unpaired) electrons. The minimum Gasteiger partial charge on any atom is -0.493 e. The summed E-state index contributed by atoms with van der Waals surface area (Å²) in [6.07, 6.45) is 1.21. The van der Waals surface area contributed by atoms with Gasteiger partial charge in [0.25, 0.3) is 0 Å². The molecule has 1 aromatic rings. The summed E-state index contributed by atoms with van der Waals surface area (Å²) in [5.74, 6) is 0.544. The first-order valence-electron chi connectivity index (χ1n) is 7.14. The van der Waals surface area contributed by atoms with Crippen LogP contribution in [0.5, 0.6) is 5.75 Å². The maximum Gasteiger partial charge on any atom is 0.241 e. The van der Waals surface area contributed by atoms with Crippen molar-refractivity contribution in [2.45, 2.75) is 26.3 Å². The summed E-state index contributed by atoms with van der Waals surface area (Å²) in [6, 6.07) is 6.15. The van der Waals surface area contributed by atoms with Crippen LogP contribution >= 0.6 is 0 Å². The van der Waals surface area contributed by atoms with Gasteiger partial charge >= 0.3 is 0 Å². The van der Waals surface area contributed by atoms with E-state index >= 15 is 0 Å². The number of ether oxygens (including phenoxy) is 1. The summed E-state index contributed by atoms with van der Waals surface area (Å²) in [4.78, 5) is 11.9. The van der Waals surface area contributed by atoms with Gasteiger partial charge < -0.3 is 15.8 Å². The van der Waals surface area contributed by atoms with Gasteiger partial charge in [0, 0.05) is 18.0 Å². The number of sulfone groups is 1. The highest BCUT2D eigenvalue weighted by Gasteiger charge is 2.16.